The molecule has 1 saturated heterocycles. The summed E-state index contributed by atoms with van der Waals surface area (Å²) in [7, 11) is 0. The SMILES string of the molecule is CCC(F)(F)[C@H]1CC[C@H](Oc2ccc3cc([C@]4(C)COC(=O)N4)ccc3c2I)CC1. The smallest absolute Gasteiger partial charge is 0.408 e. The number of amides is 1. The Balaban J connectivity index is 1.49. The highest BCUT2D eigenvalue weighted by atomic mass is 127. The van der Waals surface area contributed by atoms with E-state index < -0.39 is 23.5 Å². The predicted octanol–water partition coefficient (Wildman–Crippen LogP) is 6.38. The zero-order valence-electron chi connectivity index (χ0n) is 17.1. The van der Waals surface area contributed by atoms with Crippen LogP contribution in [0.5, 0.6) is 5.75 Å². The highest BCUT2D eigenvalue weighted by molar-refractivity contribution is 14.1. The van der Waals surface area contributed by atoms with E-state index in [-0.39, 0.29) is 12.5 Å². The first-order valence-electron chi connectivity index (χ1n) is 10.4. The van der Waals surface area contributed by atoms with Gasteiger partial charge in [-0.05, 0) is 83.7 Å². The summed E-state index contributed by atoms with van der Waals surface area (Å²) in [6, 6.07) is 10.1. The molecule has 2 aromatic carbocycles. The van der Waals surface area contributed by atoms with Crippen LogP contribution in [0.2, 0.25) is 0 Å². The third kappa shape index (κ3) is 4.09. The number of alkyl carbamates (subject to hydrolysis) is 1. The fourth-order valence-corrected chi connectivity index (χ4v) is 5.24. The van der Waals surface area contributed by atoms with Crippen LogP contribution in [0.3, 0.4) is 0 Å². The van der Waals surface area contributed by atoms with Gasteiger partial charge in [0.25, 0.3) is 5.92 Å². The average molecular weight is 529 g/mol. The van der Waals surface area contributed by atoms with Crippen molar-refractivity contribution < 1.29 is 23.0 Å². The van der Waals surface area contributed by atoms with Gasteiger partial charge in [-0.25, -0.2) is 13.6 Å². The van der Waals surface area contributed by atoms with Gasteiger partial charge in [-0.1, -0.05) is 25.1 Å². The van der Waals surface area contributed by atoms with Crippen LogP contribution < -0.4 is 10.1 Å². The molecule has 4 rings (SSSR count). The molecule has 1 aliphatic carbocycles. The van der Waals surface area contributed by atoms with E-state index in [1.807, 2.05) is 31.2 Å². The van der Waals surface area contributed by atoms with Crippen LogP contribution in [-0.2, 0) is 10.3 Å². The van der Waals surface area contributed by atoms with Crippen molar-refractivity contribution in [1.82, 2.24) is 5.32 Å². The minimum atomic E-state index is -2.57. The van der Waals surface area contributed by atoms with Gasteiger partial charge in [0.2, 0.25) is 0 Å². The van der Waals surface area contributed by atoms with E-state index in [1.165, 1.54) is 0 Å². The summed E-state index contributed by atoms with van der Waals surface area (Å²) < 4.78 is 40.2. The van der Waals surface area contributed by atoms with E-state index in [2.05, 4.69) is 34.0 Å². The Kier molecular flexibility index (Phi) is 5.85. The van der Waals surface area contributed by atoms with Crippen LogP contribution in [0.4, 0.5) is 13.6 Å². The lowest BCUT2D eigenvalue weighted by Gasteiger charge is -2.33. The van der Waals surface area contributed by atoms with Gasteiger partial charge in [-0.15, -0.1) is 0 Å². The van der Waals surface area contributed by atoms with Gasteiger partial charge in [-0.3, -0.25) is 0 Å². The number of rotatable bonds is 5. The lowest BCUT2D eigenvalue weighted by atomic mass is 9.82. The number of benzene rings is 2. The first kappa shape index (κ1) is 21.6. The number of halogens is 3. The first-order chi connectivity index (χ1) is 14.2. The van der Waals surface area contributed by atoms with Gasteiger partial charge in [-0.2, -0.15) is 0 Å². The number of cyclic esters (lactones) is 1. The van der Waals surface area contributed by atoms with Crippen LogP contribution >= 0.6 is 22.6 Å². The number of carbonyl (C=O) groups excluding carboxylic acids is 1. The van der Waals surface area contributed by atoms with E-state index in [4.69, 9.17) is 9.47 Å². The van der Waals surface area contributed by atoms with Crippen LogP contribution in [0, 0.1) is 9.49 Å². The topological polar surface area (TPSA) is 47.6 Å². The molecule has 1 aliphatic heterocycles. The molecule has 0 radical (unpaired) electrons. The molecule has 2 aliphatic rings. The summed E-state index contributed by atoms with van der Waals surface area (Å²) in [5.41, 5.74) is 0.450. The number of nitrogens with one attached hydrogen (secondary N) is 1. The molecule has 2 fully saturated rings. The molecule has 0 spiro atoms. The molecule has 0 bridgehead atoms. The number of ether oxygens (including phenoxy) is 2. The monoisotopic (exact) mass is 529 g/mol. The second-order valence-corrected chi connectivity index (χ2v) is 9.63. The molecule has 1 atom stereocenters. The van der Waals surface area contributed by atoms with Crippen molar-refractivity contribution in [3.63, 3.8) is 0 Å². The Morgan fingerprint density at radius 1 is 1.23 bits per heavy atom. The molecule has 7 heteroatoms. The van der Waals surface area contributed by atoms with Crippen molar-refractivity contribution in [2.24, 2.45) is 5.92 Å². The molecule has 162 valence electrons. The van der Waals surface area contributed by atoms with Crippen molar-refractivity contribution in [1.29, 1.82) is 0 Å². The molecule has 0 unspecified atom stereocenters. The van der Waals surface area contributed by atoms with Crippen LogP contribution in [0.25, 0.3) is 10.8 Å². The minimum absolute atomic E-state index is 0.0242. The van der Waals surface area contributed by atoms with Crippen molar-refractivity contribution in [2.45, 2.75) is 63.5 Å². The molecule has 0 aromatic heterocycles. The zero-order chi connectivity index (χ0) is 21.5. The summed E-state index contributed by atoms with van der Waals surface area (Å²) >= 11 is 2.29. The number of alkyl halides is 2. The molecule has 2 aromatic rings. The van der Waals surface area contributed by atoms with Gasteiger partial charge < -0.3 is 14.8 Å². The maximum atomic E-state index is 14.0. The number of hydrogen-bond acceptors (Lipinski definition) is 3. The Labute approximate surface area is 188 Å². The van der Waals surface area contributed by atoms with Gasteiger partial charge in [0, 0.05) is 12.3 Å². The summed E-state index contributed by atoms with van der Waals surface area (Å²) in [5.74, 6) is -2.30. The zero-order valence-corrected chi connectivity index (χ0v) is 19.3. The Morgan fingerprint density at radius 3 is 2.60 bits per heavy atom. The molecular weight excluding hydrogens is 503 g/mol. The van der Waals surface area contributed by atoms with E-state index in [1.54, 1.807) is 6.92 Å². The second-order valence-electron chi connectivity index (χ2n) is 8.55. The second kappa shape index (κ2) is 8.13. The summed E-state index contributed by atoms with van der Waals surface area (Å²) in [6.07, 6.45) is 1.81. The summed E-state index contributed by atoms with van der Waals surface area (Å²) in [5, 5.41) is 4.99. The number of carbonyl (C=O) groups is 1. The maximum Gasteiger partial charge on any atom is 0.408 e. The Morgan fingerprint density at radius 2 is 1.97 bits per heavy atom. The van der Waals surface area contributed by atoms with Crippen molar-refractivity contribution >= 4 is 39.5 Å². The lowest BCUT2D eigenvalue weighted by Crippen LogP contribution is -2.37. The van der Waals surface area contributed by atoms with E-state index in [0.29, 0.717) is 32.3 Å². The largest absolute Gasteiger partial charge is 0.489 e. The Bertz CT molecular complexity index is 959. The third-order valence-electron chi connectivity index (χ3n) is 6.46. The molecule has 30 heavy (non-hydrogen) atoms. The molecule has 1 N–H and O–H groups in total. The van der Waals surface area contributed by atoms with Crippen LogP contribution in [0.15, 0.2) is 30.3 Å². The third-order valence-corrected chi connectivity index (χ3v) is 7.57. The maximum absolute atomic E-state index is 14.0. The normalized spacial score (nSPS) is 27.0. The van der Waals surface area contributed by atoms with Gasteiger partial charge in [0.15, 0.2) is 0 Å². The van der Waals surface area contributed by atoms with E-state index >= 15 is 0 Å². The molecule has 4 nitrogen and oxygen atoms in total. The number of fused-ring (bicyclic) bond motifs is 1. The van der Waals surface area contributed by atoms with Crippen LogP contribution in [0.1, 0.15) is 51.5 Å². The fourth-order valence-electron chi connectivity index (χ4n) is 4.44. The minimum Gasteiger partial charge on any atom is -0.489 e. The Hall–Kier alpha value is -1.64. The first-order valence-corrected chi connectivity index (χ1v) is 11.5. The van der Waals surface area contributed by atoms with Crippen LogP contribution in [-0.4, -0.2) is 24.7 Å². The van der Waals surface area contributed by atoms with E-state index in [9.17, 15) is 13.6 Å². The molecule has 1 amide bonds. The van der Waals surface area contributed by atoms with Gasteiger partial charge in [0.05, 0.1) is 15.2 Å². The predicted molar refractivity (Wildman–Crippen MR) is 120 cm³/mol. The molecular formula is C23H26F2INO3. The van der Waals surface area contributed by atoms with Crippen molar-refractivity contribution in [3.05, 3.63) is 39.5 Å². The quantitative estimate of drug-likeness (QED) is 0.458. The molecule has 1 saturated carbocycles. The highest BCUT2D eigenvalue weighted by Gasteiger charge is 2.40. The standard InChI is InChI=1S/C23H26F2INO3/c1-3-23(24,25)15-5-8-17(9-6-15)30-19-11-4-14-12-16(7-10-18(14)20(19)26)22(2)13-29-21(28)27-22/h4,7,10-12,15,17H,3,5-6,8-9,13H2,1-2H3,(H,27,28)/t15-,17-,22-/m0/s1. The van der Waals surface area contributed by atoms with E-state index in [0.717, 1.165) is 25.7 Å². The van der Waals surface area contributed by atoms with Crippen molar-refractivity contribution in [3.8, 4) is 5.75 Å². The van der Waals surface area contributed by atoms with Gasteiger partial charge in [0.1, 0.15) is 12.4 Å². The average Bonchev–Trinajstić information content (AvgIpc) is 3.10. The summed E-state index contributed by atoms with van der Waals surface area (Å²) in [4.78, 5) is 11.5. The fraction of sp³-hybridized carbons (Fsp3) is 0.522. The highest BCUT2D eigenvalue weighted by Crippen LogP contribution is 2.40. The van der Waals surface area contributed by atoms with Crippen molar-refractivity contribution in [2.75, 3.05) is 6.61 Å². The van der Waals surface area contributed by atoms with Gasteiger partial charge >= 0.3 is 6.09 Å². The lowest BCUT2D eigenvalue weighted by molar-refractivity contribution is -0.0819. The molecule has 1 heterocycles. The summed E-state index contributed by atoms with van der Waals surface area (Å²) in [6.45, 7) is 3.80. The number of hydrogen-bond donors (Lipinski definition) is 1.